The summed E-state index contributed by atoms with van der Waals surface area (Å²) in [4.78, 5) is 8.62. The van der Waals surface area contributed by atoms with E-state index in [0.29, 0.717) is 11.6 Å². The van der Waals surface area contributed by atoms with Crippen LogP contribution in [0.2, 0.25) is 0 Å². The molecule has 0 bridgehead atoms. The molecule has 0 aliphatic heterocycles. The maximum absolute atomic E-state index is 12.5. The topological polar surface area (TPSA) is 95.9 Å². The maximum atomic E-state index is 12.5. The molecule has 2 aromatic rings. The monoisotopic (exact) mass is 576 g/mol. The van der Waals surface area contributed by atoms with E-state index in [1.54, 1.807) is 11.4 Å². The number of anilines is 2. The Morgan fingerprint density at radius 2 is 2.07 bits per heavy atom. The summed E-state index contributed by atoms with van der Waals surface area (Å²) >= 11 is 0. The van der Waals surface area contributed by atoms with Gasteiger partial charge in [-0.05, 0) is 5.41 Å². The minimum absolute atomic E-state index is 0. The molecule has 1 aliphatic rings. The van der Waals surface area contributed by atoms with E-state index in [4.69, 9.17) is 11.0 Å². The van der Waals surface area contributed by atoms with Gasteiger partial charge in [0.15, 0.2) is 0 Å². The number of aromatic nitrogens is 2. The van der Waals surface area contributed by atoms with Gasteiger partial charge in [0.05, 0.1) is 17.5 Å². The van der Waals surface area contributed by atoms with Crippen LogP contribution in [0.1, 0.15) is 45.2 Å². The van der Waals surface area contributed by atoms with Gasteiger partial charge in [0.1, 0.15) is 23.1 Å². The summed E-state index contributed by atoms with van der Waals surface area (Å²) in [5.74, 6) is 0.806. The number of fused-ring (bicyclic) bond motifs is 3. The predicted octanol–water partition coefficient (Wildman–Crippen LogP) is 3.40. The van der Waals surface area contributed by atoms with Crippen LogP contribution in [0.4, 0.5) is 11.5 Å². The first kappa shape index (κ1) is 24.2. The molecule has 151 valence electrons. The Bertz CT molecular complexity index is 895. The molecule has 1 aliphatic carbocycles. The largest absolute Gasteiger partial charge is 1.00 e. The Kier molecular flexibility index (Phi) is 8.73. The standard InChI is InChI=1S/C18H20N5OS.C2H6.Os/c1-18(2)10-13-12(16-15(18)17(20)22-11-21-16)6-4-7-14(13)23(3)25(24)9-5-8-19;1-2;/h4,6,11H,5,9-10H2,1-3H3,(H2,20,21,22);1-2H3;/q-1;;+1. The van der Waals surface area contributed by atoms with E-state index in [9.17, 15) is 4.21 Å². The Morgan fingerprint density at radius 1 is 1.39 bits per heavy atom. The van der Waals surface area contributed by atoms with Crippen LogP contribution >= 0.6 is 0 Å². The molecule has 0 saturated carbocycles. The number of nitrogens with zero attached hydrogens (tertiary/aromatic N) is 4. The summed E-state index contributed by atoms with van der Waals surface area (Å²) < 4.78 is 14.2. The average molecular weight is 575 g/mol. The van der Waals surface area contributed by atoms with Gasteiger partial charge in [0, 0.05) is 19.0 Å². The number of nitrogen functional groups attached to an aromatic ring is 1. The fourth-order valence-electron chi connectivity index (χ4n) is 3.37. The number of hydrogen-bond acceptors (Lipinski definition) is 5. The molecule has 1 heterocycles. The van der Waals surface area contributed by atoms with Crippen molar-refractivity contribution < 1.29 is 24.0 Å². The van der Waals surface area contributed by atoms with Crippen LogP contribution in [0, 0.1) is 17.4 Å². The van der Waals surface area contributed by atoms with Crippen molar-refractivity contribution in [3.8, 4) is 17.3 Å². The molecule has 0 saturated heterocycles. The summed E-state index contributed by atoms with van der Waals surface area (Å²) in [7, 11) is 0.496. The minimum atomic E-state index is -1.28. The van der Waals surface area contributed by atoms with Crippen LogP contribution in [0.5, 0.6) is 0 Å². The number of hydrogen-bond donors (Lipinski definition) is 1. The van der Waals surface area contributed by atoms with Crippen molar-refractivity contribution in [2.75, 3.05) is 22.8 Å². The third-order valence-corrected chi connectivity index (χ3v) is 5.86. The van der Waals surface area contributed by atoms with Gasteiger partial charge in [-0.2, -0.15) is 23.5 Å². The van der Waals surface area contributed by atoms with Gasteiger partial charge in [-0.1, -0.05) is 39.8 Å². The average Bonchev–Trinajstić information content (AvgIpc) is 2.66. The molecule has 1 atom stereocenters. The first-order valence-electron chi connectivity index (χ1n) is 9.01. The molecule has 28 heavy (non-hydrogen) atoms. The van der Waals surface area contributed by atoms with Crippen LogP contribution in [0.3, 0.4) is 0 Å². The van der Waals surface area contributed by atoms with Crippen molar-refractivity contribution in [1.29, 1.82) is 5.26 Å². The zero-order chi connectivity index (χ0) is 20.2. The second-order valence-electron chi connectivity index (χ2n) is 6.69. The quantitative estimate of drug-likeness (QED) is 0.565. The molecular formula is C20H26N5OOsS. The first-order valence-corrected chi connectivity index (χ1v) is 10.3. The Hall–Kier alpha value is -1.82. The molecule has 1 aromatic carbocycles. The van der Waals surface area contributed by atoms with Crippen molar-refractivity contribution in [3.63, 3.8) is 0 Å². The van der Waals surface area contributed by atoms with E-state index < -0.39 is 11.0 Å². The Labute approximate surface area is 183 Å². The summed E-state index contributed by atoms with van der Waals surface area (Å²) in [6, 6.07) is 9.03. The molecule has 2 N–H and O–H groups in total. The molecule has 1 radical (unpaired) electrons. The first-order chi connectivity index (χ1) is 12.9. The van der Waals surface area contributed by atoms with E-state index in [2.05, 4.69) is 29.9 Å². The van der Waals surface area contributed by atoms with Gasteiger partial charge in [-0.15, -0.1) is 11.1 Å². The van der Waals surface area contributed by atoms with Gasteiger partial charge in [0.25, 0.3) is 0 Å². The summed E-state index contributed by atoms with van der Waals surface area (Å²) in [5.41, 5.74) is 10.5. The molecule has 1 aromatic heterocycles. The number of nitriles is 1. The van der Waals surface area contributed by atoms with Crippen LogP contribution in [0.15, 0.2) is 18.5 Å². The fraction of sp³-hybridized carbons (Fsp3) is 0.450. The van der Waals surface area contributed by atoms with Crippen LogP contribution in [-0.2, 0) is 42.6 Å². The summed E-state index contributed by atoms with van der Waals surface area (Å²) in [5, 5.41) is 8.73. The molecule has 6 nitrogen and oxygen atoms in total. The summed E-state index contributed by atoms with van der Waals surface area (Å²) in [6.45, 7) is 8.22. The van der Waals surface area contributed by atoms with Crippen LogP contribution in [0.25, 0.3) is 11.3 Å². The van der Waals surface area contributed by atoms with Crippen molar-refractivity contribution in [2.45, 2.75) is 46.0 Å². The van der Waals surface area contributed by atoms with Crippen LogP contribution < -0.4 is 10.0 Å². The van der Waals surface area contributed by atoms with E-state index in [1.165, 1.54) is 6.33 Å². The molecule has 1 unspecified atom stereocenters. The second kappa shape index (κ2) is 10.1. The van der Waals surface area contributed by atoms with Crippen molar-refractivity contribution in [2.24, 2.45) is 0 Å². The van der Waals surface area contributed by atoms with Gasteiger partial charge >= 0.3 is 19.8 Å². The smallest absolute Gasteiger partial charge is 0.383 e. The molecule has 0 spiro atoms. The van der Waals surface area contributed by atoms with Crippen molar-refractivity contribution in [1.82, 2.24) is 9.97 Å². The van der Waals surface area contributed by atoms with Gasteiger partial charge in [-0.3, -0.25) is 0 Å². The van der Waals surface area contributed by atoms with E-state index >= 15 is 0 Å². The molecular weight excluding hydrogens is 549 g/mol. The van der Waals surface area contributed by atoms with E-state index in [-0.39, 0.29) is 31.6 Å². The number of nitrogens with two attached hydrogens (primary N) is 1. The fourth-order valence-corrected chi connectivity index (χ4v) is 4.28. The number of rotatable bonds is 4. The minimum Gasteiger partial charge on any atom is -0.383 e. The zero-order valence-electron chi connectivity index (χ0n) is 16.9. The Morgan fingerprint density at radius 3 is 2.71 bits per heavy atom. The van der Waals surface area contributed by atoms with Crippen LogP contribution in [-0.4, -0.2) is 27.0 Å². The molecule has 3 rings (SSSR count). The normalized spacial score (nSPS) is 14.1. The number of benzene rings is 1. The molecule has 8 heteroatoms. The summed E-state index contributed by atoms with van der Waals surface area (Å²) in [6.07, 6.45) is 2.45. The zero-order valence-corrected chi connectivity index (χ0v) is 20.2. The van der Waals surface area contributed by atoms with E-state index in [1.807, 2.05) is 32.0 Å². The van der Waals surface area contributed by atoms with E-state index in [0.717, 1.165) is 34.5 Å². The maximum Gasteiger partial charge on any atom is 1.00 e. The second-order valence-corrected chi connectivity index (χ2v) is 8.29. The van der Waals surface area contributed by atoms with Crippen molar-refractivity contribution >= 4 is 22.5 Å². The predicted molar refractivity (Wildman–Crippen MR) is 110 cm³/mol. The SMILES string of the molecule is CC.CN(c1[c-]ccc2c1CC(C)(C)c1c(N)ncnc1-2)S(=O)CCC#N.[Os+]. The van der Waals surface area contributed by atoms with Gasteiger partial charge in [-0.25, -0.2) is 14.2 Å². The molecule has 0 amide bonds. The third-order valence-electron chi connectivity index (χ3n) is 4.52. The third kappa shape index (κ3) is 4.59. The molecule has 0 fully saturated rings. The van der Waals surface area contributed by atoms with Gasteiger partial charge in [0.2, 0.25) is 0 Å². The van der Waals surface area contributed by atoms with Gasteiger partial charge < -0.3 is 10.0 Å². The Balaban J connectivity index is 0.00000127. The van der Waals surface area contributed by atoms with Crippen molar-refractivity contribution in [3.05, 3.63) is 35.7 Å².